The van der Waals surface area contributed by atoms with Crippen LogP contribution in [0.25, 0.3) is 0 Å². The van der Waals surface area contributed by atoms with Crippen molar-refractivity contribution in [3.05, 3.63) is 0 Å². The van der Waals surface area contributed by atoms with Gasteiger partial charge in [0.05, 0.1) is 0 Å². The molecule has 0 rings (SSSR count). The molecule has 0 aromatic rings. The third-order valence-corrected chi connectivity index (χ3v) is 1.51. The van der Waals surface area contributed by atoms with Crippen LogP contribution in [0.3, 0.4) is 0 Å². The Bertz CT molecular complexity index is 110. The Labute approximate surface area is 68.3 Å². The highest BCUT2D eigenvalue weighted by Crippen LogP contribution is 1.98. The smallest absolute Gasteiger partial charge is 0.103 e. The van der Waals surface area contributed by atoms with E-state index < -0.39 is 0 Å². The molecule has 0 saturated heterocycles. The van der Waals surface area contributed by atoms with Crippen molar-refractivity contribution in [3.8, 4) is 0 Å². The fourth-order valence-electron chi connectivity index (χ4n) is 0.516. The molecule has 3 heteroatoms. The first-order valence-electron chi connectivity index (χ1n) is 3.56. The lowest BCUT2D eigenvalue weighted by molar-refractivity contribution is 0.597. The van der Waals surface area contributed by atoms with Crippen LogP contribution in [0.2, 0.25) is 0 Å². The second kappa shape index (κ2) is 5.59. The number of hydrogen-bond donors (Lipinski definition) is 2. The normalized spacial score (nSPS) is 12.6. The molecule has 0 aliphatic carbocycles. The van der Waals surface area contributed by atoms with Crippen molar-refractivity contribution in [2.75, 3.05) is 12.3 Å². The van der Waals surface area contributed by atoms with Gasteiger partial charge in [-0.15, -0.1) is 0 Å². The minimum absolute atomic E-state index is 0.568. The molecule has 0 amide bonds. The van der Waals surface area contributed by atoms with Gasteiger partial charge in [0.1, 0.15) is 5.84 Å². The molecule has 0 atom stereocenters. The third kappa shape index (κ3) is 5.95. The predicted molar refractivity (Wildman–Crippen MR) is 49.8 cm³/mol. The quantitative estimate of drug-likeness (QED) is 0.363. The van der Waals surface area contributed by atoms with Gasteiger partial charge in [0.15, 0.2) is 0 Å². The van der Waals surface area contributed by atoms with Crippen molar-refractivity contribution in [1.29, 1.82) is 0 Å². The summed E-state index contributed by atoms with van der Waals surface area (Å²) in [7, 11) is 0. The van der Waals surface area contributed by atoms with Gasteiger partial charge in [-0.2, -0.15) is 12.6 Å². The maximum Gasteiger partial charge on any atom is 0.103 e. The van der Waals surface area contributed by atoms with Gasteiger partial charge in [-0.3, -0.25) is 4.99 Å². The van der Waals surface area contributed by atoms with E-state index in [4.69, 9.17) is 5.73 Å². The van der Waals surface area contributed by atoms with E-state index in [1.165, 1.54) is 0 Å². The van der Waals surface area contributed by atoms with Crippen LogP contribution in [0.15, 0.2) is 4.99 Å². The summed E-state index contributed by atoms with van der Waals surface area (Å²) in [4.78, 5) is 4.10. The van der Waals surface area contributed by atoms with Crippen molar-refractivity contribution in [3.63, 3.8) is 0 Å². The van der Waals surface area contributed by atoms with E-state index in [1.807, 2.05) is 0 Å². The molecular formula is C7H16N2S. The minimum atomic E-state index is 0.568. The number of nitrogens with two attached hydrogens (primary N) is 1. The molecule has 0 heterocycles. The molecule has 0 spiro atoms. The Morgan fingerprint density at radius 2 is 2.20 bits per heavy atom. The molecule has 0 aliphatic rings. The molecule has 0 radical (unpaired) electrons. The third-order valence-electron chi connectivity index (χ3n) is 1.18. The molecule has 0 aromatic carbocycles. The van der Waals surface area contributed by atoms with Crippen LogP contribution in [0, 0.1) is 5.92 Å². The summed E-state index contributed by atoms with van der Waals surface area (Å²) in [6.45, 7) is 5.18. The van der Waals surface area contributed by atoms with E-state index in [2.05, 4.69) is 31.5 Å². The van der Waals surface area contributed by atoms with Crippen LogP contribution < -0.4 is 5.73 Å². The van der Waals surface area contributed by atoms with Gasteiger partial charge in [-0.05, 0) is 12.3 Å². The number of hydrogen-bond acceptors (Lipinski definition) is 2. The van der Waals surface area contributed by atoms with Crippen LogP contribution >= 0.6 is 12.6 Å². The standard InChI is InChI=1S/C7H16N2S/c1-6(2)3-4-9-7(8)5-10/h6,10H,3-5H2,1-2H3,(H2,8,9). The average molecular weight is 160 g/mol. The van der Waals surface area contributed by atoms with Gasteiger partial charge in [0, 0.05) is 12.3 Å². The lowest BCUT2D eigenvalue weighted by Gasteiger charge is -2.00. The Morgan fingerprint density at radius 1 is 1.60 bits per heavy atom. The van der Waals surface area contributed by atoms with Crippen molar-refractivity contribution < 1.29 is 0 Å². The topological polar surface area (TPSA) is 38.4 Å². The van der Waals surface area contributed by atoms with Crippen LogP contribution in [0.1, 0.15) is 20.3 Å². The van der Waals surface area contributed by atoms with Gasteiger partial charge in [0.2, 0.25) is 0 Å². The van der Waals surface area contributed by atoms with Gasteiger partial charge in [-0.1, -0.05) is 13.8 Å². The van der Waals surface area contributed by atoms with Crippen molar-refractivity contribution >= 4 is 18.5 Å². The second-order valence-electron chi connectivity index (χ2n) is 2.71. The number of aliphatic imine (C=N–C) groups is 1. The fourth-order valence-corrected chi connectivity index (χ4v) is 0.616. The first-order valence-corrected chi connectivity index (χ1v) is 4.19. The molecule has 0 aliphatic heterocycles. The monoisotopic (exact) mass is 160 g/mol. The highest BCUT2D eigenvalue weighted by Gasteiger charge is 1.91. The molecule has 2 nitrogen and oxygen atoms in total. The number of thiol groups is 1. The summed E-state index contributed by atoms with van der Waals surface area (Å²) in [5, 5.41) is 0. The van der Waals surface area contributed by atoms with Crippen LogP contribution in [-0.4, -0.2) is 18.1 Å². The Hall–Kier alpha value is -0.180. The largest absolute Gasteiger partial charge is 0.387 e. The maximum atomic E-state index is 5.43. The lowest BCUT2D eigenvalue weighted by atomic mass is 10.1. The molecular weight excluding hydrogens is 144 g/mol. The predicted octanol–water partition coefficient (Wildman–Crippen LogP) is 1.32. The summed E-state index contributed by atoms with van der Waals surface area (Å²) in [6, 6.07) is 0. The van der Waals surface area contributed by atoms with E-state index in [0.717, 1.165) is 13.0 Å². The van der Waals surface area contributed by atoms with Crippen LogP contribution in [0.4, 0.5) is 0 Å². The van der Waals surface area contributed by atoms with Crippen molar-refractivity contribution in [1.82, 2.24) is 0 Å². The summed E-state index contributed by atoms with van der Waals surface area (Å²) in [5.74, 6) is 1.92. The number of amidine groups is 1. The van der Waals surface area contributed by atoms with E-state index in [9.17, 15) is 0 Å². The highest BCUT2D eigenvalue weighted by molar-refractivity contribution is 7.81. The summed E-state index contributed by atoms with van der Waals surface area (Å²) in [6.07, 6.45) is 1.11. The van der Waals surface area contributed by atoms with Gasteiger partial charge >= 0.3 is 0 Å². The highest BCUT2D eigenvalue weighted by atomic mass is 32.1. The zero-order valence-electron chi connectivity index (χ0n) is 6.67. The van der Waals surface area contributed by atoms with E-state index in [0.29, 0.717) is 17.5 Å². The molecule has 0 unspecified atom stereocenters. The zero-order valence-corrected chi connectivity index (χ0v) is 7.56. The van der Waals surface area contributed by atoms with Gasteiger partial charge in [0.25, 0.3) is 0 Å². The molecule has 0 saturated carbocycles. The molecule has 2 N–H and O–H groups in total. The Balaban J connectivity index is 3.34. The fraction of sp³-hybridized carbons (Fsp3) is 0.857. The van der Waals surface area contributed by atoms with Crippen molar-refractivity contribution in [2.45, 2.75) is 20.3 Å². The van der Waals surface area contributed by atoms with Crippen molar-refractivity contribution in [2.24, 2.45) is 16.6 Å². The number of rotatable bonds is 4. The summed E-state index contributed by atoms with van der Waals surface area (Å²) >= 11 is 3.98. The lowest BCUT2D eigenvalue weighted by Crippen LogP contribution is -2.14. The molecule has 0 fully saturated rings. The Morgan fingerprint density at radius 3 is 2.60 bits per heavy atom. The van der Waals surface area contributed by atoms with Gasteiger partial charge < -0.3 is 5.73 Å². The Kier molecular flexibility index (Phi) is 5.49. The van der Waals surface area contributed by atoms with E-state index in [-0.39, 0.29) is 0 Å². The summed E-state index contributed by atoms with van der Waals surface area (Å²) < 4.78 is 0. The number of nitrogens with zero attached hydrogens (tertiary/aromatic N) is 1. The first-order chi connectivity index (χ1) is 4.66. The molecule has 0 bridgehead atoms. The SMILES string of the molecule is CC(C)CCN=C(N)CS. The molecule has 0 aromatic heterocycles. The molecule has 60 valence electrons. The maximum absolute atomic E-state index is 5.43. The second-order valence-corrected chi connectivity index (χ2v) is 3.03. The first kappa shape index (κ1) is 9.82. The van der Waals surface area contributed by atoms with E-state index in [1.54, 1.807) is 0 Å². The average Bonchev–Trinajstić information content (AvgIpc) is 1.87. The van der Waals surface area contributed by atoms with Gasteiger partial charge in [-0.25, -0.2) is 0 Å². The van der Waals surface area contributed by atoms with Crippen LogP contribution in [0.5, 0.6) is 0 Å². The van der Waals surface area contributed by atoms with E-state index >= 15 is 0 Å². The minimum Gasteiger partial charge on any atom is -0.387 e. The zero-order chi connectivity index (χ0) is 7.98. The summed E-state index contributed by atoms with van der Waals surface area (Å²) in [5.41, 5.74) is 5.43. The van der Waals surface area contributed by atoms with Crippen LogP contribution in [-0.2, 0) is 0 Å². The molecule has 10 heavy (non-hydrogen) atoms.